The van der Waals surface area contributed by atoms with Gasteiger partial charge < -0.3 is 4.90 Å². The summed E-state index contributed by atoms with van der Waals surface area (Å²) >= 11 is 2.19. The molecular weight excluding hydrogens is 166 g/mol. The number of thioether (sulfide) groups is 1. The quantitative estimate of drug-likeness (QED) is 0.668. The fourth-order valence-corrected chi connectivity index (χ4v) is 3.34. The highest BCUT2D eigenvalue weighted by molar-refractivity contribution is 8.00. The Labute approximate surface area is 80.9 Å². The largest absolute Gasteiger partial charge is 0.301 e. The maximum absolute atomic E-state index is 2.59. The molecule has 0 aromatic carbocycles. The molecule has 0 N–H and O–H groups in total. The van der Waals surface area contributed by atoms with Crippen LogP contribution in [0.15, 0.2) is 0 Å². The molecule has 12 heavy (non-hydrogen) atoms. The first-order chi connectivity index (χ1) is 5.76. The molecule has 1 saturated heterocycles. The van der Waals surface area contributed by atoms with E-state index in [0.29, 0.717) is 4.75 Å². The Hall–Kier alpha value is 0.310. The maximum atomic E-state index is 2.59. The lowest BCUT2D eigenvalue weighted by atomic mass is 10.0. The zero-order chi connectivity index (χ0) is 9.03. The van der Waals surface area contributed by atoms with Crippen molar-refractivity contribution in [3.63, 3.8) is 0 Å². The normalized spacial score (nSPS) is 24.2. The molecule has 0 aromatic heterocycles. The van der Waals surface area contributed by atoms with E-state index in [0.717, 1.165) is 0 Å². The predicted octanol–water partition coefficient (Wildman–Crippen LogP) is 2.61. The summed E-state index contributed by atoms with van der Waals surface area (Å²) in [6.45, 7) is 10.8. The molecule has 2 heteroatoms. The molecule has 0 amide bonds. The van der Waals surface area contributed by atoms with E-state index < -0.39 is 0 Å². The van der Waals surface area contributed by atoms with Gasteiger partial charge in [0, 0.05) is 23.6 Å². The van der Waals surface area contributed by atoms with Gasteiger partial charge in [0.15, 0.2) is 0 Å². The third kappa shape index (κ3) is 2.17. The molecule has 1 aliphatic heterocycles. The smallest absolute Gasteiger partial charge is 0.0282 e. The van der Waals surface area contributed by atoms with Gasteiger partial charge in [-0.25, -0.2) is 0 Å². The van der Waals surface area contributed by atoms with E-state index in [4.69, 9.17) is 0 Å². The van der Waals surface area contributed by atoms with Crippen molar-refractivity contribution < 1.29 is 0 Å². The summed E-state index contributed by atoms with van der Waals surface area (Å²) < 4.78 is 0.578. The zero-order valence-electron chi connectivity index (χ0n) is 8.60. The van der Waals surface area contributed by atoms with Gasteiger partial charge in [0.1, 0.15) is 0 Å². The second kappa shape index (κ2) is 4.52. The first-order valence-corrected chi connectivity index (χ1v) is 6.11. The molecule has 0 bridgehead atoms. The fraction of sp³-hybridized carbons (Fsp3) is 1.00. The van der Waals surface area contributed by atoms with Crippen LogP contribution in [0.5, 0.6) is 0 Å². The van der Waals surface area contributed by atoms with E-state index in [1.54, 1.807) is 0 Å². The topological polar surface area (TPSA) is 3.24 Å². The number of hydrogen-bond donors (Lipinski definition) is 0. The Morgan fingerprint density at radius 3 is 2.42 bits per heavy atom. The number of hydrogen-bond acceptors (Lipinski definition) is 2. The minimum atomic E-state index is 0.578. The molecule has 1 fully saturated rings. The Morgan fingerprint density at radius 1 is 1.25 bits per heavy atom. The zero-order valence-corrected chi connectivity index (χ0v) is 9.41. The summed E-state index contributed by atoms with van der Waals surface area (Å²) in [5.74, 6) is 1.33. The van der Waals surface area contributed by atoms with Crippen molar-refractivity contribution >= 4 is 11.8 Å². The van der Waals surface area contributed by atoms with Crippen LogP contribution in [0.25, 0.3) is 0 Å². The summed E-state index contributed by atoms with van der Waals surface area (Å²) in [6.07, 6.45) is 2.65. The van der Waals surface area contributed by atoms with Gasteiger partial charge in [-0.2, -0.15) is 11.8 Å². The second-order valence-electron chi connectivity index (χ2n) is 3.61. The molecule has 1 heterocycles. The van der Waals surface area contributed by atoms with Gasteiger partial charge in [0.05, 0.1) is 0 Å². The van der Waals surface area contributed by atoms with Gasteiger partial charge in [-0.3, -0.25) is 0 Å². The molecule has 72 valence electrons. The molecule has 0 atom stereocenters. The van der Waals surface area contributed by atoms with Crippen LogP contribution >= 0.6 is 11.8 Å². The average Bonchev–Trinajstić information content (AvgIpc) is 2.18. The first-order valence-electron chi connectivity index (χ1n) is 5.12. The summed E-state index contributed by atoms with van der Waals surface area (Å²) in [5.41, 5.74) is 0. The van der Waals surface area contributed by atoms with Gasteiger partial charge in [-0.05, 0) is 19.4 Å². The average molecular weight is 187 g/mol. The highest BCUT2D eigenvalue weighted by Gasteiger charge is 2.31. The van der Waals surface area contributed by atoms with E-state index in [2.05, 4.69) is 37.4 Å². The summed E-state index contributed by atoms with van der Waals surface area (Å²) in [5, 5.41) is 0. The molecule has 1 rings (SSSR count). The molecule has 0 aliphatic carbocycles. The molecule has 0 aromatic rings. The Morgan fingerprint density at radius 2 is 1.92 bits per heavy atom. The van der Waals surface area contributed by atoms with Crippen molar-refractivity contribution in [1.82, 2.24) is 4.90 Å². The Kier molecular flexibility index (Phi) is 3.91. The van der Waals surface area contributed by atoms with E-state index in [1.807, 2.05) is 0 Å². The lowest BCUT2D eigenvalue weighted by molar-refractivity contribution is 0.253. The van der Waals surface area contributed by atoms with Crippen LogP contribution in [0.1, 0.15) is 33.6 Å². The van der Waals surface area contributed by atoms with Crippen LogP contribution in [-0.2, 0) is 0 Å². The van der Waals surface area contributed by atoms with Crippen molar-refractivity contribution in [1.29, 1.82) is 0 Å². The standard InChI is InChI=1S/C10H21NS/c1-4-10(5-2)9-11(6-3)7-8-12-10/h4-9H2,1-3H3. The van der Waals surface area contributed by atoms with Gasteiger partial charge >= 0.3 is 0 Å². The minimum absolute atomic E-state index is 0.578. The van der Waals surface area contributed by atoms with E-state index in [1.165, 1.54) is 38.2 Å². The van der Waals surface area contributed by atoms with Crippen molar-refractivity contribution in [3.8, 4) is 0 Å². The van der Waals surface area contributed by atoms with Gasteiger partial charge in [0.2, 0.25) is 0 Å². The number of nitrogens with zero attached hydrogens (tertiary/aromatic N) is 1. The monoisotopic (exact) mass is 187 g/mol. The van der Waals surface area contributed by atoms with Gasteiger partial charge in [0.25, 0.3) is 0 Å². The lowest BCUT2D eigenvalue weighted by Gasteiger charge is -2.41. The second-order valence-corrected chi connectivity index (χ2v) is 5.17. The molecular formula is C10H21NS. The summed E-state index contributed by atoms with van der Waals surface area (Å²) in [4.78, 5) is 2.59. The van der Waals surface area contributed by atoms with Crippen LogP contribution in [0.2, 0.25) is 0 Å². The van der Waals surface area contributed by atoms with Gasteiger partial charge in [-0.15, -0.1) is 0 Å². The highest BCUT2D eigenvalue weighted by Crippen LogP contribution is 2.36. The molecule has 0 unspecified atom stereocenters. The molecule has 1 aliphatic rings. The SMILES string of the molecule is CCN1CCSC(CC)(CC)C1. The van der Waals surface area contributed by atoms with E-state index >= 15 is 0 Å². The Balaban J connectivity index is 2.52. The first kappa shape index (κ1) is 10.4. The van der Waals surface area contributed by atoms with E-state index in [-0.39, 0.29) is 0 Å². The van der Waals surface area contributed by atoms with Crippen LogP contribution in [0, 0.1) is 0 Å². The predicted molar refractivity (Wildman–Crippen MR) is 57.9 cm³/mol. The summed E-state index contributed by atoms with van der Waals surface area (Å²) in [7, 11) is 0. The molecule has 0 spiro atoms. The lowest BCUT2D eigenvalue weighted by Crippen LogP contribution is -2.45. The molecule has 1 nitrogen and oxygen atoms in total. The van der Waals surface area contributed by atoms with E-state index in [9.17, 15) is 0 Å². The molecule has 0 saturated carbocycles. The summed E-state index contributed by atoms with van der Waals surface area (Å²) in [6, 6.07) is 0. The van der Waals surface area contributed by atoms with Crippen molar-refractivity contribution in [2.24, 2.45) is 0 Å². The van der Waals surface area contributed by atoms with Crippen LogP contribution in [-0.4, -0.2) is 35.0 Å². The van der Waals surface area contributed by atoms with Crippen LogP contribution in [0.3, 0.4) is 0 Å². The maximum Gasteiger partial charge on any atom is 0.0282 e. The van der Waals surface area contributed by atoms with Crippen molar-refractivity contribution in [2.75, 3.05) is 25.4 Å². The number of rotatable bonds is 3. The third-order valence-corrected chi connectivity index (χ3v) is 4.77. The van der Waals surface area contributed by atoms with Crippen LogP contribution in [0.4, 0.5) is 0 Å². The Bertz CT molecular complexity index is 132. The van der Waals surface area contributed by atoms with Gasteiger partial charge in [-0.1, -0.05) is 20.8 Å². The fourth-order valence-electron chi connectivity index (χ4n) is 1.87. The third-order valence-electron chi connectivity index (χ3n) is 3.06. The highest BCUT2D eigenvalue weighted by atomic mass is 32.2. The minimum Gasteiger partial charge on any atom is -0.301 e. The van der Waals surface area contributed by atoms with Crippen LogP contribution < -0.4 is 0 Å². The van der Waals surface area contributed by atoms with Crippen molar-refractivity contribution in [2.45, 2.75) is 38.4 Å². The molecule has 0 radical (unpaired) electrons. The van der Waals surface area contributed by atoms with Crippen molar-refractivity contribution in [3.05, 3.63) is 0 Å².